The van der Waals surface area contributed by atoms with Crippen LogP contribution >= 0.6 is 15.9 Å². The molecule has 24 heavy (non-hydrogen) atoms. The molecule has 0 saturated heterocycles. The van der Waals surface area contributed by atoms with E-state index < -0.39 is 10.0 Å². The largest absolute Gasteiger partial charge is 0.347 e. The third-order valence-corrected chi connectivity index (χ3v) is 5.42. The molecule has 0 aliphatic carbocycles. The van der Waals surface area contributed by atoms with Crippen molar-refractivity contribution >= 4 is 37.8 Å². The highest BCUT2D eigenvalue weighted by Crippen LogP contribution is 2.21. The minimum atomic E-state index is -3.68. The summed E-state index contributed by atoms with van der Waals surface area (Å²) in [5.41, 5.74) is 0. The van der Waals surface area contributed by atoms with Gasteiger partial charge in [0.25, 0.3) is 0 Å². The zero-order chi connectivity index (χ0) is 17.9. The van der Waals surface area contributed by atoms with E-state index in [-0.39, 0.29) is 11.4 Å². The van der Waals surface area contributed by atoms with Crippen LogP contribution in [0.5, 0.6) is 0 Å². The van der Waals surface area contributed by atoms with Crippen LogP contribution in [0, 0.1) is 0 Å². The van der Waals surface area contributed by atoms with Crippen molar-refractivity contribution in [3.63, 3.8) is 0 Å². The van der Waals surface area contributed by atoms with Gasteiger partial charge >= 0.3 is 0 Å². The van der Waals surface area contributed by atoms with Crippen molar-refractivity contribution in [1.29, 1.82) is 0 Å². The van der Waals surface area contributed by atoms with Crippen LogP contribution in [0.1, 0.15) is 5.82 Å². The molecule has 0 bridgehead atoms. The normalized spacial score (nSPS) is 11.4. The van der Waals surface area contributed by atoms with Crippen LogP contribution in [-0.4, -0.2) is 51.6 Å². The summed E-state index contributed by atoms with van der Waals surface area (Å²) >= 11 is 3.25. The highest BCUT2D eigenvalue weighted by atomic mass is 79.9. The monoisotopic (exact) mass is 414 g/mol. The molecule has 2 rings (SSSR count). The Bertz CT molecular complexity index is 800. The Morgan fingerprint density at radius 1 is 1.00 bits per heavy atom. The number of halogens is 1. The molecule has 130 valence electrons. The second-order valence-electron chi connectivity index (χ2n) is 5.40. The van der Waals surface area contributed by atoms with Crippen LogP contribution in [0.2, 0.25) is 0 Å². The van der Waals surface area contributed by atoms with E-state index in [0.717, 1.165) is 0 Å². The molecular formula is C14H19BrN6O2S. The Kier molecular flexibility index (Phi) is 5.73. The lowest BCUT2D eigenvalue weighted by Gasteiger charge is -2.16. The molecule has 10 heteroatoms. The molecule has 1 aromatic heterocycles. The van der Waals surface area contributed by atoms with Crippen molar-refractivity contribution < 1.29 is 8.42 Å². The van der Waals surface area contributed by atoms with Crippen molar-refractivity contribution in [3.05, 3.63) is 34.6 Å². The minimum absolute atomic E-state index is 0.0339. The first kappa shape index (κ1) is 18.6. The second kappa shape index (κ2) is 7.41. The Morgan fingerprint density at radius 3 is 2.04 bits per heavy atom. The standard InChI is InChI=1S/C14H19BrN6O2S/c1-20(2)13-17-12(18-14(19-13)21(3)4)9-16-24(22,23)11-8-6-5-7-10(11)15/h5-8,16H,9H2,1-4H3. The Balaban J connectivity index is 2.27. The number of benzene rings is 1. The average Bonchev–Trinajstić information content (AvgIpc) is 2.53. The Hall–Kier alpha value is -1.78. The van der Waals surface area contributed by atoms with Gasteiger partial charge < -0.3 is 9.80 Å². The molecule has 0 spiro atoms. The first-order chi connectivity index (χ1) is 11.2. The number of nitrogens with one attached hydrogen (secondary N) is 1. The lowest BCUT2D eigenvalue weighted by atomic mass is 10.4. The fourth-order valence-electron chi connectivity index (χ4n) is 1.77. The van der Waals surface area contributed by atoms with Gasteiger partial charge in [-0.25, -0.2) is 13.1 Å². The number of hydrogen-bond acceptors (Lipinski definition) is 7. The van der Waals surface area contributed by atoms with Crippen molar-refractivity contribution in [3.8, 4) is 0 Å². The molecule has 0 aliphatic rings. The van der Waals surface area contributed by atoms with E-state index in [1.54, 1.807) is 28.0 Å². The van der Waals surface area contributed by atoms with Gasteiger partial charge in [-0.1, -0.05) is 12.1 Å². The Morgan fingerprint density at radius 2 is 1.54 bits per heavy atom. The van der Waals surface area contributed by atoms with E-state index in [2.05, 4.69) is 35.6 Å². The van der Waals surface area contributed by atoms with Gasteiger partial charge in [0.05, 0.1) is 11.4 Å². The van der Waals surface area contributed by atoms with E-state index in [1.165, 1.54) is 6.07 Å². The molecule has 0 unspecified atom stereocenters. The number of nitrogens with zero attached hydrogens (tertiary/aromatic N) is 5. The lowest BCUT2D eigenvalue weighted by Crippen LogP contribution is -2.26. The topological polar surface area (TPSA) is 91.3 Å². The van der Waals surface area contributed by atoms with E-state index in [9.17, 15) is 8.42 Å². The second-order valence-corrected chi connectivity index (χ2v) is 7.99. The molecule has 8 nitrogen and oxygen atoms in total. The van der Waals surface area contributed by atoms with Crippen LogP contribution < -0.4 is 14.5 Å². The van der Waals surface area contributed by atoms with Crippen molar-refractivity contribution in [2.24, 2.45) is 0 Å². The predicted molar refractivity (Wildman–Crippen MR) is 96.6 cm³/mol. The van der Waals surface area contributed by atoms with Crippen molar-refractivity contribution in [2.45, 2.75) is 11.4 Å². The van der Waals surface area contributed by atoms with Crippen LogP contribution in [0.4, 0.5) is 11.9 Å². The van der Waals surface area contributed by atoms with Gasteiger partial charge in [0.2, 0.25) is 21.9 Å². The average molecular weight is 415 g/mol. The van der Waals surface area contributed by atoms with Gasteiger partial charge in [-0.3, -0.25) is 0 Å². The molecule has 0 radical (unpaired) electrons. The van der Waals surface area contributed by atoms with Gasteiger partial charge in [0.1, 0.15) is 0 Å². The van der Waals surface area contributed by atoms with Crippen LogP contribution in [0.3, 0.4) is 0 Å². The van der Waals surface area contributed by atoms with Crippen molar-refractivity contribution in [2.75, 3.05) is 38.0 Å². The molecule has 0 fully saturated rings. The van der Waals surface area contributed by atoms with E-state index >= 15 is 0 Å². The van der Waals surface area contributed by atoms with E-state index in [1.807, 2.05) is 28.2 Å². The molecule has 1 aromatic carbocycles. The number of anilines is 2. The summed E-state index contributed by atoms with van der Waals surface area (Å²) in [6.45, 7) is -0.0339. The third-order valence-electron chi connectivity index (χ3n) is 3.00. The maximum absolute atomic E-state index is 12.4. The maximum Gasteiger partial charge on any atom is 0.242 e. The molecule has 0 atom stereocenters. The summed E-state index contributed by atoms with van der Waals surface area (Å²) < 4.78 is 27.9. The minimum Gasteiger partial charge on any atom is -0.347 e. The molecule has 2 aromatic rings. The maximum atomic E-state index is 12.4. The number of rotatable bonds is 6. The van der Waals surface area contributed by atoms with Crippen molar-refractivity contribution in [1.82, 2.24) is 19.7 Å². The van der Waals surface area contributed by atoms with E-state index in [4.69, 9.17) is 0 Å². The molecule has 0 saturated carbocycles. The van der Waals surface area contributed by atoms with Gasteiger partial charge in [0.15, 0.2) is 5.82 Å². The predicted octanol–water partition coefficient (Wildman–Crippen LogP) is 1.24. The molecular weight excluding hydrogens is 396 g/mol. The zero-order valence-corrected chi connectivity index (χ0v) is 16.3. The quantitative estimate of drug-likeness (QED) is 0.759. The SMILES string of the molecule is CN(C)c1nc(CNS(=O)(=O)c2ccccc2Br)nc(N(C)C)n1. The number of sulfonamides is 1. The summed E-state index contributed by atoms with van der Waals surface area (Å²) in [6, 6.07) is 6.61. The number of aromatic nitrogens is 3. The number of hydrogen-bond donors (Lipinski definition) is 1. The van der Waals surface area contributed by atoms with Crippen LogP contribution in [-0.2, 0) is 16.6 Å². The molecule has 0 aliphatic heterocycles. The summed E-state index contributed by atoms with van der Waals surface area (Å²) in [5.74, 6) is 1.26. The third kappa shape index (κ3) is 4.40. The van der Waals surface area contributed by atoms with Crippen LogP contribution in [0.15, 0.2) is 33.6 Å². The van der Waals surface area contributed by atoms with Gasteiger partial charge in [-0.2, -0.15) is 15.0 Å². The molecule has 1 N–H and O–H groups in total. The highest BCUT2D eigenvalue weighted by Gasteiger charge is 2.18. The summed E-state index contributed by atoms with van der Waals surface area (Å²) in [6.07, 6.45) is 0. The summed E-state index contributed by atoms with van der Waals surface area (Å²) in [4.78, 5) is 16.5. The van der Waals surface area contributed by atoms with Gasteiger partial charge in [-0.05, 0) is 28.1 Å². The smallest absolute Gasteiger partial charge is 0.242 e. The Labute approximate surface area is 150 Å². The van der Waals surface area contributed by atoms with Gasteiger partial charge in [0, 0.05) is 32.7 Å². The molecule has 0 amide bonds. The lowest BCUT2D eigenvalue weighted by molar-refractivity contribution is 0.578. The van der Waals surface area contributed by atoms with E-state index in [0.29, 0.717) is 22.2 Å². The zero-order valence-electron chi connectivity index (χ0n) is 13.9. The molecule has 1 heterocycles. The highest BCUT2D eigenvalue weighted by molar-refractivity contribution is 9.10. The first-order valence-electron chi connectivity index (χ1n) is 7.04. The summed E-state index contributed by atoms with van der Waals surface area (Å²) in [7, 11) is 3.56. The van der Waals surface area contributed by atoms with Gasteiger partial charge in [-0.15, -0.1) is 0 Å². The van der Waals surface area contributed by atoms with Crippen LogP contribution in [0.25, 0.3) is 0 Å². The fourth-order valence-corrected chi connectivity index (χ4v) is 3.76. The fraction of sp³-hybridized carbons (Fsp3) is 0.357. The first-order valence-corrected chi connectivity index (χ1v) is 9.32. The summed E-state index contributed by atoms with van der Waals surface area (Å²) in [5, 5.41) is 0.